The number of hydrogen-bond acceptors (Lipinski definition) is 4. The van der Waals surface area contributed by atoms with E-state index >= 15 is 0 Å². The van der Waals surface area contributed by atoms with Crippen LogP contribution in [0.1, 0.15) is 16.1 Å². The monoisotopic (exact) mass is 309 g/mol. The van der Waals surface area contributed by atoms with Crippen LogP contribution < -0.4 is 0 Å². The molecule has 0 radical (unpaired) electrons. The first-order valence-corrected chi connectivity index (χ1v) is 7.62. The lowest BCUT2D eigenvalue weighted by molar-refractivity contribution is 0.0691. The van der Waals surface area contributed by atoms with E-state index in [1.54, 1.807) is 12.4 Å². The molecule has 2 N–H and O–H groups in total. The van der Waals surface area contributed by atoms with Crippen molar-refractivity contribution in [1.82, 2.24) is 14.3 Å². The van der Waals surface area contributed by atoms with Crippen molar-refractivity contribution >= 4 is 16.0 Å². The maximum absolute atomic E-state index is 12.3. The molecule has 0 amide bonds. The van der Waals surface area contributed by atoms with E-state index < -0.39 is 16.0 Å². The van der Waals surface area contributed by atoms with E-state index in [0.717, 1.165) is 11.6 Å². The first-order chi connectivity index (χ1) is 9.91. The van der Waals surface area contributed by atoms with Crippen LogP contribution in [0.4, 0.5) is 0 Å². The molecule has 0 aliphatic rings. The number of pyridine rings is 1. The molecule has 112 valence electrons. The average molecular weight is 309 g/mol. The molecule has 2 rings (SSSR count). The van der Waals surface area contributed by atoms with Crippen LogP contribution in [0, 0.1) is 0 Å². The van der Waals surface area contributed by atoms with Gasteiger partial charge >= 0.3 is 5.97 Å². The summed E-state index contributed by atoms with van der Waals surface area (Å²) in [6.45, 7) is 0.292. The first-order valence-electron chi connectivity index (χ1n) is 6.18. The van der Waals surface area contributed by atoms with Crippen LogP contribution in [-0.2, 0) is 16.4 Å². The molecule has 0 aliphatic carbocycles. The summed E-state index contributed by atoms with van der Waals surface area (Å²) in [5.41, 5.74) is 0.823. The van der Waals surface area contributed by atoms with Crippen molar-refractivity contribution in [1.29, 1.82) is 0 Å². The molecule has 7 nitrogen and oxygen atoms in total. The number of nitrogens with zero attached hydrogens (tertiary/aromatic N) is 2. The van der Waals surface area contributed by atoms with E-state index in [4.69, 9.17) is 5.11 Å². The molecule has 0 fully saturated rings. The van der Waals surface area contributed by atoms with Gasteiger partial charge in [0.25, 0.3) is 0 Å². The molecule has 2 aromatic heterocycles. The van der Waals surface area contributed by atoms with Crippen LogP contribution in [-0.4, -0.2) is 47.4 Å². The second kappa shape index (κ2) is 6.06. The Kier molecular flexibility index (Phi) is 4.39. The number of rotatable bonds is 6. The molecule has 2 aromatic rings. The minimum atomic E-state index is -3.70. The third-order valence-electron chi connectivity index (χ3n) is 3.06. The molecule has 2 heterocycles. The van der Waals surface area contributed by atoms with Crippen LogP contribution >= 0.6 is 0 Å². The van der Waals surface area contributed by atoms with E-state index in [1.165, 1.54) is 17.5 Å². The van der Waals surface area contributed by atoms with Gasteiger partial charge < -0.3 is 10.1 Å². The third-order valence-corrected chi connectivity index (χ3v) is 4.89. The van der Waals surface area contributed by atoms with E-state index in [2.05, 4.69) is 9.97 Å². The summed E-state index contributed by atoms with van der Waals surface area (Å²) in [5, 5.41) is 8.81. The predicted octanol–water partition coefficient (Wildman–Crippen LogP) is 0.971. The topological polar surface area (TPSA) is 103 Å². The zero-order valence-electron chi connectivity index (χ0n) is 11.4. The Morgan fingerprint density at radius 3 is 2.62 bits per heavy atom. The SMILES string of the molecule is CN(CCc1ccncc1)S(=O)(=O)c1c[nH]c(C(=O)O)c1. The first kappa shape index (κ1) is 15.2. The summed E-state index contributed by atoms with van der Waals surface area (Å²) in [6, 6.07) is 4.75. The summed E-state index contributed by atoms with van der Waals surface area (Å²) in [6.07, 6.45) is 5.03. The molecule has 0 atom stereocenters. The number of aromatic amines is 1. The van der Waals surface area contributed by atoms with Crippen LogP contribution in [0.15, 0.2) is 41.7 Å². The smallest absolute Gasteiger partial charge is 0.352 e. The second-order valence-corrected chi connectivity index (χ2v) is 6.53. The molecule has 21 heavy (non-hydrogen) atoms. The molecular formula is C13H15N3O4S. The minimum absolute atomic E-state index is 0.0582. The lowest BCUT2D eigenvalue weighted by Gasteiger charge is -2.16. The Morgan fingerprint density at radius 2 is 2.05 bits per heavy atom. The average Bonchev–Trinajstić information content (AvgIpc) is 2.96. The summed E-state index contributed by atoms with van der Waals surface area (Å²) in [5.74, 6) is -1.20. The van der Waals surface area contributed by atoms with Gasteiger partial charge in [0.05, 0.1) is 0 Å². The number of aromatic carboxylic acids is 1. The minimum Gasteiger partial charge on any atom is -0.477 e. The Morgan fingerprint density at radius 1 is 1.38 bits per heavy atom. The highest BCUT2D eigenvalue weighted by atomic mass is 32.2. The number of carbonyl (C=O) groups is 1. The van der Waals surface area contributed by atoms with E-state index in [9.17, 15) is 13.2 Å². The van der Waals surface area contributed by atoms with Gasteiger partial charge in [0.15, 0.2) is 0 Å². The lowest BCUT2D eigenvalue weighted by Crippen LogP contribution is -2.28. The zero-order chi connectivity index (χ0) is 15.5. The maximum atomic E-state index is 12.3. The number of likely N-dealkylation sites (N-methyl/N-ethyl adjacent to an activating group) is 1. The van der Waals surface area contributed by atoms with Gasteiger partial charge in [-0.25, -0.2) is 17.5 Å². The predicted molar refractivity (Wildman–Crippen MR) is 75.5 cm³/mol. The molecule has 0 aliphatic heterocycles. The Bertz CT molecular complexity index is 725. The number of aromatic nitrogens is 2. The van der Waals surface area contributed by atoms with Crippen LogP contribution in [0.5, 0.6) is 0 Å². The second-order valence-electron chi connectivity index (χ2n) is 4.49. The highest BCUT2D eigenvalue weighted by molar-refractivity contribution is 7.89. The number of carboxylic acids is 1. The normalized spacial score (nSPS) is 11.7. The fourth-order valence-corrected chi connectivity index (χ4v) is 2.95. The van der Waals surface area contributed by atoms with Gasteiger partial charge in [0, 0.05) is 32.2 Å². The van der Waals surface area contributed by atoms with E-state index in [0.29, 0.717) is 13.0 Å². The molecule has 0 saturated carbocycles. The highest BCUT2D eigenvalue weighted by Gasteiger charge is 2.23. The number of hydrogen-bond donors (Lipinski definition) is 2. The molecule has 0 saturated heterocycles. The van der Waals surface area contributed by atoms with Gasteiger partial charge in [-0.1, -0.05) is 0 Å². The van der Waals surface area contributed by atoms with E-state index in [1.807, 2.05) is 12.1 Å². The van der Waals surface area contributed by atoms with Gasteiger partial charge in [-0.2, -0.15) is 0 Å². The Hall–Kier alpha value is -2.19. The summed E-state index contributed by atoms with van der Waals surface area (Å²) < 4.78 is 25.8. The van der Waals surface area contributed by atoms with Crippen LogP contribution in [0.25, 0.3) is 0 Å². The number of sulfonamides is 1. The molecular weight excluding hydrogens is 294 g/mol. The van der Waals surface area contributed by atoms with Gasteiger partial charge in [-0.3, -0.25) is 4.98 Å². The molecule has 0 spiro atoms. The van der Waals surface area contributed by atoms with Gasteiger partial charge in [-0.05, 0) is 30.2 Å². The highest BCUT2D eigenvalue weighted by Crippen LogP contribution is 2.16. The van der Waals surface area contributed by atoms with Crippen molar-refractivity contribution in [2.45, 2.75) is 11.3 Å². The van der Waals surface area contributed by atoms with Crippen molar-refractivity contribution in [2.75, 3.05) is 13.6 Å². The Labute approximate surface area is 122 Å². The van der Waals surface area contributed by atoms with Crippen molar-refractivity contribution in [3.05, 3.63) is 48.0 Å². The Balaban J connectivity index is 2.09. The number of H-pyrrole nitrogens is 1. The summed E-state index contributed by atoms with van der Waals surface area (Å²) in [4.78, 5) is 17.0. The molecule has 8 heteroatoms. The van der Waals surface area contributed by atoms with Crippen molar-refractivity contribution in [3.8, 4) is 0 Å². The quantitative estimate of drug-likeness (QED) is 0.827. The largest absolute Gasteiger partial charge is 0.477 e. The van der Waals surface area contributed by atoms with Gasteiger partial charge in [-0.15, -0.1) is 0 Å². The number of carboxylic acid groups (broad SMARTS) is 1. The number of nitrogens with one attached hydrogen (secondary N) is 1. The summed E-state index contributed by atoms with van der Waals surface area (Å²) in [7, 11) is -2.24. The van der Waals surface area contributed by atoms with Gasteiger partial charge in [0.2, 0.25) is 10.0 Å². The standard InChI is InChI=1S/C13H15N3O4S/c1-16(7-4-10-2-5-14-6-3-10)21(19,20)11-8-12(13(17)18)15-9-11/h2-3,5-6,8-9,15H,4,7H2,1H3,(H,17,18). The van der Waals surface area contributed by atoms with Gasteiger partial charge in [0.1, 0.15) is 10.6 Å². The lowest BCUT2D eigenvalue weighted by atomic mass is 10.2. The fourth-order valence-electron chi connectivity index (χ4n) is 1.78. The molecule has 0 unspecified atom stereocenters. The van der Waals surface area contributed by atoms with Crippen LogP contribution in [0.2, 0.25) is 0 Å². The molecule has 0 bridgehead atoms. The van der Waals surface area contributed by atoms with Crippen molar-refractivity contribution < 1.29 is 18.3 Å². The van der Waals surface area contributed by atoms with E-state index in [-0.39, 0.29) is 10.6 Å². The maximum Gasteiger partial charge on any atom is 0.352 e. The zero-order valence-corrected chi connectivity index (χ0v) is 12.2. The van der Waals surface area contributed by atoms with Crippen molar-refractivity contribution in [3.63, 3.8) is 0 Å². The molecule has 0 aromatic carbocycles. The third kappa shape index (κ3) is 3.47. The summed E-state index contributed by atoms with van der Waals surface area (Å²) >= 11 is 0. The fraction of sp³-hybridized carbons (Fsp3) is 0.231. The van der Waals surface area contributed by atoms with Crippen LogP contribution in [0.3, 0.4) is 0 Å². The van der Waals surface area contributed by atoms with Crippen molar-refractivity contribution in [2.24, 2.45) is 0 Å².